The second-order valence-corrected chi connectivity index (χ2v) is 7.20. The third-order valence-corrected chi connectivity index (χ3v) is 5.11. The number of nitro groups is 1. The van der Waals surface area contributed by atoms with Crippen molar-refractivity contribution in [2.24, 2.45) is 0 Å². The van der Waals surface area contributed by atoms with E-state index >= 15 is 0 Å². The Balaban J connectivity index is 3.03. The van der Waals surface area contributed by atoms with Crippen LogP contribution in [-0.4, -0.2) is 23.2 Å². The van der Waals surface area contributed by atoms with E-state index in [-0.39, 0.29) is 17.1 Å². The molecule has 19 heavy (non-hydrogen) atoms. The van der Waals surface area contributed by atoms with Gasteiger partial charge in [0.05, 0.1) is 12.2 Å². The molecule has 0 bridgehead atoms. The zero-order valence-corrected chi connectivity index (χ0v) is 12.8. The Morgan fingerprint density at radius 1 is 1.32 bits per heavy atom. The van der Waals surface area contributed by atoms with Crippen molar-refractivity contribution in [3.05, 3.63) is 21.5 Å². The van der Waals surface area contributed by atoms with Crippen LogP contribution in [0.3, 0.4) is 0 Å². The molecule has 0 heterocycles. The van der Waals surface area contributed by atoms with Crippen molar-refractivity contribution in [3.8, 4) is 0 Å². The van der Waals surface area contributed by atoms with Crippen LogP contribution in [0.1, 0.15) is 47.0 Å². The van der Waals surface area contributed by atoms with Crippen LogP contribution in [0.2, 0.25) is 0 Å². The summed E-state index contributed by atoms with van der Waals surface area (Å²) in [4.78, 5) is 10.5. The molecule has 0 spiro atoms. The Kier molecular flexibility index (Phi) is 5.71. The van der Waals surface area contributed by atoms with Crippen LogP contribution in [0.25, 0.3) is 0 Å². The van der Waals surface area contributed by atoms with E-state index in [2.05, 4.69) is 0 Å². The fraction of sp³-hybridized carbons (Fsp3) is 0.833. The van der Waals surface area contributed by atoms with E-state index in [1.54, 1.807) is 27.7 Å². The third kappa shape index (κ3) is 4.71. The van der Waals surface area contributed by atoms with Crippen molar-refractivity contribution in [2.45, 2.75) is 65.2 Å². The van der Waals surface area contributed by atoms with Gasteiger partial charge in [0, 0.05) is 22.7 Å². The molecule has 1 atom stereocenters. The highest BCUT2D eigenvalue weighted by atomic mass is 31.2. The molecule has 0 aromatic heterocycles. The first-order chi connectivity index (χ1) is 8.74. The molecule has 0 amide bonds. The molecular formula is C12H22NO5P. The topological polar surface area (TPSA) is 78.7 Å². The summed E-state index contributed by atoms with van der Waals surface area (Å²) in [6.07, 6.45) is 2.56. The standard InChI is InChI=1S/C12H22NO5P/c1-9(2)17-19(16,18-10(3)4)12-7-5-6-11(8-12)13(14)15/h8-11H,5-7H2,1-4H3. The van der Waals surface area contributed by atoms with Crippen molar-refractivity contribution in [2.75, 3.05) is 0 Å². The Morgan fingerprint density at radius 3 is 2.26 bits per heavy atom. The van der Waals surface area contributed by atoms with Gasteiger partial charge < -0.3 is 9.05 Å². The quantitative estimate of drug-likeness (QED) is 0.423. The van der Waals surface area contributed by atoms with Crippen LogP contribution < -0.4 is 0 Å². The van der Waals surface area contributed by atoms with Crippen LogP contribution in [0.5, 0.6) is 0 Å². The Morgan fingerprint density at radius 2 is 1.84 bits per heavy atom. The molecule has 0 fully saturated rings. The normalized spacial score (nSPS) is 20.7. The van der Waals surface area contributed by atoms with Crippen molar-refractivity contribution in [1.82, 2.24) is 0 Å². The Labute approximate surface area is 113 Å². The first kappa shape index (κ1) is 16.3. The maximum absolute atomic E-state index is 12.8. The zero-order chi connectivity index (χ0) is 14.6. The van der Waals surface area contributed by atoms with Gasteiger partial charge in [-0.1, -0.05) is 0 Å². The zero-order valence-electron chi connectivity index (χ0n) is 11.9. The predicted molar refractivity (Wildman–Crippen MR) is 72.8 cm³/mol. The number of rotatable bonds is 6. The molecule has 0 saturated carbocycles. The van der Waals surface area contributed by atoms with Gasteiger partial charge in [-0.2, -0.15) is 0 Å². The second kappa shape index (κ2) is 6.64. The summed E-state index contributed by atoms with van der Waals surface area (Å²) >= 11 is 0. The van der Waals surface area contributed by atoms with Crippen molar-refractivity contribution in [3.63, 3.8) is 0 Å². The van der Waals surface area contributed by atoms with Gasteiger partial charge in [0.2, 0.25) is 6.04 Å². The average Bonchev–Trinajstić information content (AvgIpc) is 2.26. The number of hydrogen-bond acceptors (Lipinski definition) is 5. The van der Waals surface area contributed by atoms with Gasteiger partial charge in [0.15, 0.2) is 0 Å². The van der Waals surface area contributed by atoms with Crippen molar-refractivity contribution >= 4 is 7.60 Å². The highest BCUT2D eigenvalue weighted by Gasteiger charge is 2.37. The highest BCUT2D eigenvalue weighted by molar-refractivity contribution is 7.58. The lowest BCUT2D eigenvalue weighted by atomic mass is 10.0. The molecule has 1 unspecified atom stereocenters. The molecule has 0 aliphatic heterocycles. The molecule has 7 heteroatoms. The number of allylic oxidation sites excluding steroid dienone is 1. The van der Waals surface area contributed by atoms with Crippen LogP contribution in [0, 0.1) is 10.1 Å². The van der Waals surface area contributed by atoms with E-state index in [0.717, 1.165) is 0 Å². The summed E-state index contributed by atoms with van der Waals surface area (Å²) in [5, 5.41) is 11.3. The van der Waals surface area contributed by atoms with Crippen LogP contribution >= 0.6 is 7.60 Å². The van der Waals surface area contributed by atoms with Gasteiger partial charge in [0.1, 0.15) is 0 Å². The summed E-state index contributed by atoms with van der Waals surface area (Å²) < 4.78 is 23.7. The second-order valence-electron chi connectivity index (χ2n) is 5.21. The van der Waals surface area contributed by atoms with Crippen molar-refractivity contribution < 1.29 is 18.5 Å². The van der Waals surface area contributed by atoms with Gasteiger partial charge in [-0.3, -0.25) is 14.7 Å². The van der Waals surface area contributed by atoms with Crippen LogP contribution in [-0.2, 0) is 13.6 Å². The smallest absolute Gasteiger partial charge is 0.303 e. The SMILES string of the molecule is CC(C)OP(=O)(OC(C)C)C1=CC([N+](=O)[O-])CCC1. The maximum atomic E-state index is 12.8. The summed E-state index contributed by atoms with van der Waals surface area (Å²) in [5.74, 6) is 0. The molecule has 0 aromatic rings. The average molecular weight is 291 g/mol. The first-order valence-corrected chi connectivity index (χ1v) is 8.10. The molecule has 0 aromatic carbocycles. The van der Waals surface area contributed by atoms with Gasteiger partial charge in [-0.15, -0.1) is 0 Å². The fourth-order valence-corrected chi connectivity index (χ4v) is 4.21. The van der Waals surface area contributed by atoms with Gasteiger partial charge in [0.25, 0.3) is 0 Å². The van der Waals surface area contributed by atoms with Gasteiger partial charge in [-0.05, 0) is 40.5 Å². The molecule has 1 aliphatic rings. The molecule has 6 nitrogen and oxygen atoms in total. The predicted octanol–water partition coefficient (Wildman–Crippen LogP) is 3.74. The lowest BCUT2D eigenvalue weighted by Crippen LogP contribution is -2.21. The minimum atomic E-state index is -3.43. The summed E-state index contributed by atoms with van der Waals surface area (Å²) in [7, 11) is -3.43. The van der Waals surface area contributed by atoms with E-state index < -0.39 is 13.6 Å². The Hall–Kier alpha value is -0.710. The maximum Gasteiger partial charge on any atom is 0.357 e. The Bertz CT molecular complexity index is 391. The number of hydrogen-bond donors (Lipinski definition) is 0. The van der Waals surface area contributed by atoms with E-state index in [1.165, 1.54) is 6.08 Å². The summed E-state index contributed by atoms with van der Waals surface area (Å²) in [6.45, 7) is 7.07. The molecular weight excluding hydrogens is 269 g/mol. The fourth-order valence-electron chi connectivity index (χ4n) is 1.99. The largest absolute Gasteiger partial charge is 0.357 e. The van der Waals surface area contributed by atoms with Gasteiger partial charge >= 0.3 is 7.60 Å². The molecule has 110 valence electrons. The first-order valence-electron chi connectivity index (χ1n) is 6.56. The van der Waals surface area contributed by atoms with Crippen LogP contribution in [0.15, 0.2) is 11.4 Å². The number of nitrogens with zero attached hydrogens (tertiary/aromatic N) is 1. The van der Waals surface area contributed by atoms with Crippen molar-refractivity contribution in [1.29, 1.82) is 0 Å². The lowest BCUT2D eigenvalue weighted by molar-refractivity contribution is -0.510. The summed E-state index contributed by atoms with van der Waals surface area (Å²) in [5.41, 5.74) is 0. The molecule has 0 radical (unpaired) electrons. The highest BCUT2D eigenvalue weighted by Crippen LogP contribution is 2.60. The van der Waals surface area contributed by atoms with Gasteiger partial charge in [-0.25, -0.2) is 0 Å². The minimum Gasteiger partial charge on any atom is -0.303 e. The third-order valence-electron chi connectivity index (χ3n) is 2.64. The molecule has 0 saturated heterocycles. The minimum absolute atomic E-state index is 0.263. The monoisotopic (exact) mass is 291 g/mol. The summed E-state index contributed by atoms with van der Waals surface area (Å²) in [6, 6.07) is -0.788. The molecule has 1 aliphatic carbocycles. The lowest BCUT2D eigenvalue weighted by Gasteiger charge is -2.27. The van der Waals surface area contributed by atoms with E-state index in [4.69, 9.17) is 9.05 Å². The van der Waals surface area contributed by atoms with Crippen LogP contribution in [0.4, 0.5) is 0 Å². The van der Waals surface area contributed by atoms with E-state index in [1.807, 2.05) is 0 Å². The van der Waals surface area contributed by atoms with E-state index in [0.29, 0.717) is 24.6 Å². The van der Waals surface area contributed by atoms with E-state index in [9.17, 15) is 14.7 Å². The molecule has 0 N–H and O–H groups in total. The molecule has 1 rings (SSSR count).